The van der Waals surface area contributed by atoms with E-state index in [1.165, 1.54) is 22.9 Å². The van der Waals surface area contributed by atoms with Gasteiger partial charge in [0.2, 0.25) is 5.91 Å². The largest absolute Gasteiger partial charge is 0.378 e. The molecule has 1 aromatic heterocycles. The van der Waals surface area contributed by atoms with Gasteiger partial charge < -0.3 is 9.64 Å². The van der Waals surface area contributed by atoms with E-state index in [0.717, 1.165) is 5.56 Å². The van der Waals surface area contributed by atoms with E-state index in [1.54, 1.807) is 31.2 Å². The maximum Gasteiger partial charge on any atom is 0.266 e. The number of carbonyl (C=O) groups excluding carboxylic acids is 1. The Morgan fingerprint density at radius 2 is 2.00 bits per heavy atom. The van der Waals surface area contributed by atoms with Gasteiger partial charge in [-0.25, -0.2) is 9.07 Å². The molecule has 6 nitrogen and oxygen atoms in total. The van der Waals surface area contributed by atoms with Crippen LogP contribution in [0.25, 0.3) is 0 Å². The van der Waals surface area contributed by atoms with Crippen molar-refractivity contribution in [2.24, 2.45) is 7.05 Å². The quantitative estimate of drug-likeness (QED) is 0.800. The van der Waals surface area contributed by atoms with Gasteiger partial charge in [0, 0.05) is 39.7 Å². The van der Waals surface area contributed by atoms with Crippen LogP contribution in [0.15, 0.2) is 41.2 Å². The second-order valence-electron chi connectivity index (χ2n) is 7.04. The molecule has 0 spiro atoms. The first-order valence-corrected chi connectivity index (χ1v) is 9.01. The first kappa shape index (κ1) is 19.2. The Labute approximate surface area is 157 Å². The Hall–Kier alpha value is -2.54. The highest BCUT2D eigenvalue weighted by molar-refractivity contribution is 5.78. The van der Waals surface area contributed by atoms with Crippen LogP contribution in [0.3, 0.4) is 0 Å². The van der Waals surface area contributed by atoms with Crippen molar-refractivity contribution in [2.75, 3.05) is 20.2 Å². The molecule has 2 aromatic rings. The molecule has 1 aromatic carbocycles. The lowest BCUT2D eigenvalue weighted by molar-refractivity contribution is -0.136. The van der Waals surface area contributed by atoms with Crippen LogP contribution in [0.2, 0.25) is 0 Å². The van der Waals surface area contributed by atoms with Crippen molar-refractivity contribution < 1.29 is 13.9 Å². The Bertz CT molecular complexity index is 873. The third-order valence-corrected chi connectivity index (χ3v) is 5.22. The number of benzene rings is 1. The molecule has 1 fully saturated rings. The van der Waals surface area contributed by atoms with Crippen LogP contribution in [0, 0.1) is 5.82 Å². The summed E-state index contributed by atoms with van der Waals surface area (Å²) in [6, 6.07) is 9.56. The number of amides is 1. The summed E-state index contributed by atoms with van der Waals surface area (Å²) in [4.78, 5) is 25.8. The minimum atomic E-state index is -0.389. The molecule has 0 saturated carbocycles. The summed E-state index contributed by atoms with van der Waals surface area (Å²) >= 11 is 0. The van der Waals surface area contributed by atoms with Crippen molar-refractivity contribution in [3.05, 3.63) is 63.8 Å². The number of aromatic nitrogens is 2. The van der Waals surface area contributed by atoms with E-state index in [4.69, 9.17) is 4.74 Å². The number of methoxy groups -OCH3 is 1. The summed E-state index contributed by atoms with van der Waals surface area (Å²) in [5.41, 5.74) is 0.877. The zero-order valence-electron chi connectivity index (χ0n) is 15.7. The van der Waals surface area contributed by atoms with Gasteiger partial charge in [0.1, 0.15) is 5.82 Å². The number of likely N-dealkylation sites (tertiary alicyclic amines) is 1. The van der Waals surface area contributed by atoms with Crippen molar-refractivity contribution in [1.82, 2.24) is 14.7 Å². The first-order chi connectivity index (χ1) is 12.9. The molecule has 0 radical (unpaired) electrons. The second-order valence-corrected chi connectivity index (χ2v) is 7.04. The molecular weight excluding hydrogens is 349 g/mol. The van der Waals surface area contributed by atoms with Crippen LogP contribution in [-0.2, 0) is 29.4 Å². The first-order valence-electron chi connectivity index (χ1n) is 9.01. The van der Waals surface area contributed by atoms with Crippen LogP contribution in [0.1, 0.15) is 24.1 Å². The molecule has 0 atom stereocenters. The van der Waals surface area contributed by atoms with E-state index in [-0.39, 0.29) is 29.3 Å². The smallest absolute Gasteiger partial charge is 0.266 e. The number of carbonyl (C=O) groups is 1. The van der Waals surface area contributed by atoms with Crippen LogP contribution < -0.4 is 5.56 Å². The summed E-state index contributed by atoms with van der Waals surface area (Å²) in [6.45, 7) is 1.15. The topological polar surface area (TPSA) is 64.4 Å². The predicted octanol–water partition coefficient (Wildman–Crippen LogP) is 1.71. The fraction of sp³-hybridized carbons (Fsp3) is 0.450. The van der Waals surface area contributed by atoms with Crippen molar-refractivity contribution in [3.8, 4) is 0 Å². The van der Waals surface area contributed by atoms with E-state index in [0.29, 0.717) is 38.0 Å². The standard InChI is InChI=1S/C20H24FN3O3/c1-23-18(25)7-6-17(22-23)13-19(26)24-10-8-20(27-2,9-11-24)14-15-4-3-5-16(21)12-15/h3-7,12H,8-11,13-14H2,1-2H3. The highest BCUT2D eigenvalue weighted by atomic mass is 19.1. The minimum Gasteiger partial charge on any atom is -0.378 e. The van der Waals surface area contributed by atoms with Gasteiger partial charge in [-0.1, -0.05) is 12.1 Å². The molecule has 1 aliphatic rings. The number of hydrogen-bond donors (Lipinski definition) is 0. The summed E-state index contributed by atoms with van der Waals surface area (Å²) in [5.74, 6) is -0.271. The molecule has 0 N–H and O–H groups in total. The number of rotatable bonds is 5. The van der Waals surface area contributed by atoms with E-state index in [1.807, 2.05) is 6.07 Å². The van der Waals surface area contributed by atoms with Gasteiger partial charge in [-0.2, -0.15) is 5.10 Å². The Morgan fingerprint density at radius 3 is 2.63 bits per heavy atom. The lowest BCUT2D eigenvalue weighted by atomic mass is 9.85. The van der Waals surface area contributed by atoms with Crippen LogP contribution in [0.4, 0.5) is 4.39 Å². The maximum absolute atomic E-state index is 13.5. The Kier molecular flexibility index (Phi) is 5.70. The van der Waals surface area contributed by atoms with E-state index in [9.17, 15) is 14.0 Å². The van der Waals surface area contributed by atoms with Gasteiger partial charge in [-0.3, -0.25) is 9.59 Å². The zero-order chi connectivity index (χ0) is 19.4. The van der Waals surface area contributed by atoms with Gasteiger partial charge >= 0.3 is 0 Å². The van der Waals surface area contributed by atoms with E-state index < -0.39 is 0 Å². The van der Waals surface area contributed by atoms with Gasteiger partial charge in [0.05, 0.1) is 17.7 Å². The van der Waals surface area contributed by atoms with Crippen LogP contribution in [0.5, 0.6) is 0 Å². The molecule has 0 bridgehead atoms. The molecule has 1 aliphatic heterocycles. The highest BCUT2D eigenvalue weighted by Gasteiger charge is 2.36. The molecule has 1 amide bonds. The second kappa shape index (κ2) is 8.00. The molecule has 27 heavy (non-hydrogen) atoms. The zero-order valence-corrected chi connectivity index (χ0v) is 15.7. The normalized spacial score (nSPS) is 16.3. The number of piperidine rings is 1. The summed E-state index contributed by atoms with van der Waals surface area (Å²) in [6.07, 6.45) is 2.16. The molecule has 0 aliphatic carbocycles. The molecule has 0 unspecified atom stereocenters. The molecule has 1 saturated heterocycles. The van der Waals surface area contributed by atoms with Crippen molar-refractivity contribution >= 4 is 5.91 Å². The van der Waals surface area contributed by atoms with E-state index in [2.05, 4.69) is 5.10 Å². The van der Waals surface area contributed by atoms with Gasteiger partial charge in [0.25, 0.3) is 5.56 Å². The number of hydrogen-bond acceptors (Lipinski definition) is 4. The highest BCUT2D eigenvalue weighted by Crippen LogP contribution is 2.30. The molecule has 2 heterocycles. The Morgan fingerprint density at radius 1 is 1.26 bits per heavy atom. The summed E-state index contributed by atoms with van der Waals surface area (Å²) < 4.78 is 20.5. The molecule has 144 valence electrons. The number of aryl methyl sites for hydroxylation is 1. The van der Waals surface area contributed by atoms with Gasteiger partial charge in [-0.15, -0.1) is 0 Å². The van der Waals surface area contributed by atoms with Crippen molar-refractivity contribution in [1.29, 1.82) is 0 Å². The van der Waals surface area contributed by atoms with Gasteiger partial charge in [-0.05, 0) is 36.6 Å². The third-order valence-electron chi connectivity index (χ3n) is 5.22. The third kappa shape index (κ3) is 4.60. The molecular formula is C20H24FN3O3. The van der Waals surface area contributed by atoms with Crippen molar-refractivity contribution in [2.45, 2.75) is 31.3 Å². The fourth-order valence-corrected chi connectivity index (χ4v) is 3.55. The lowest BCUT2D eigenvalue weighted by Crippen LogP contribution is -2.49. The van der Waals surface area contributed by atoms with Gasteiger partial charge in [0.15, 0.2) is 0 Å². The Balaban J connectivity index is 1.61. The predicted molar refractivity (Wildman–Crippen MR) is 98.8 cm³/mol. The minimum absolute atomic E-state index is 0.0170. The fourth-order valence-electron chi connectivity index (χ4n) is 3.55. The van der Waals surface area contributed by atoms with Crippen molar-refractivity contribution in [3.63, 3.8) is 0 Å². The molecule has 7 heteroatoms. The summed E-state index contributed by atoms with van der Waals surface area (Å²) in [7, 11) is 3.24. The number of halogens is 1. The van der Waals surface area contributed by atoms with Crippen LogP contribution in [-0.4, -0.2) is 46.4 Å². The summed E-state index contributed by atoms with van der Waals surface area (Å²) in [5, 5.41) is 4.11. The maximum atomic E-state index is 13.5. The molecule has 3 rings (SSSR count). The average molecular weight is 373 g/mol. The number of ether oxygens (including phenoxy) is 1. The SMILES string of the molecule is COC1(Cc2cccc(F)c2)CCN(C(=O)Cc2ccc(=O)n(C)n2)CC1. The average Bonchev–Trinajstić information content (AvgIpc) is 2.65. The monoisotopic (exact) mass is 373 g/mol. The van der Waals surface area contributed by atoms with E-state index >= 15 is 0 Å². The number of nitrogens with zero attached hydrogens (tertiary/aromatic N) is 3. The van der Waals surface area contributed by atoms with Crippen LogP contribution >= 0.6 is 0 Å². The lowest BCUT2D eigenvalue weighted by Gasteiger charge is -2.41.